The Hall–Kier alpha value is -1.59. The van der Waals surface area contributed by atoms with E-state index in [4.69, 9.17) is 4.74 Å². The fourth-order valence-corrected chi connectivity index (χ4v) is 3.29. The van der Waals surface area contributed by atoms with Gasteiger partial charge < -0.3 is 20.3 Å². The van der Waals surface area contributed by atoms with Crippen molar-refractivity contribution in [3.8, 4) is 5.75 Å². The van der Waals surface area contributed by atoms with Gasteiger partial charge in [-0.25, -0.2) is 0 Å². The number of amides is 1. The number of nitrogens with one attached hydrogen (secondary N) is 2. The highest BCUT2D eigenvalue weighted by Gasteiger charge is 2.34. The van der Waals surface area contributed by atoms with Crippen LogP contribution in [0.3, 0.4) is 0 Å². The molecule has 0 bridgehead atoms. The van der Waals surface area contributed by atoms with Crippen LogP contribution in [-0.4, -0.2) is 50.6 Å². The van der Waals surface area contributed by atoms with Gasteiger partial charge in [0.1, 0.15) is 5.75 Å². The molecule has 2 N–H and O–H groups in total. The zero-order valence-corrected chi connectivity index (χ0v) is 12.5. The Labute approximate surface area is 125 Å². The molecule has 2 saturated heterocycles. The topological polar surface area (TPSA) is 53.6 Å². The van der Waals surface area contributed by atoms with Crippen molar-refractivity contribution in [1.82, 2.24) is 15.5 Å². The van der Waals surface area contributed by atoms with Crippen molar-refractivity contribution in [3.63, 3.8) is 0 Å². The van der Waals surface area contributed by atoms with Gasteiger partial charge >= 0.3 is 0 Å². The molecule has 1 aromatic carbocycles. The molecule has 1 aromatic rings. The zero-order valence-electron chi connectivity index (χ0n) is 12.5. The first kappa shape index (κ1) is 14.4. The van der Waals surface area contributed by atoms with E-state index in [0.29, 0.717) is 0 Å². The van der Waals surface area contributed by atoms with Crippen molar-refractivity contribution < 1.29 is 9.53 Å². The molecule has 0 spiro atoms. The molecular weight excluding hydrogens is 266 g/mol. The predicted molar refractivity (Wildman–Crippen MR) is 81.3 cm³/mol. The second-order valence-corrected chi connectivity index (χ2v) is 5.68. The maximum Gasteiger partial charge on any atom is 0.227 e. The molecule has 2 atom stereocenters. The quantitative estimate of drug-likeness (QED) is 0.863. The van der Waals surface area contributed by atoms with E-state index in [1.807, 2.05) is 23.1 Å². The molecule has 21 heavy (non-hydrogen) atoms. The van der Waals surface area contributed by atoms with Gasteiger partial charge in [0.2, 0.25) is 5.91 Å². The first-order valence-corrected chi connectivity index (χ1v) is 7.66. The van der Waals surface area contributed by atoms with E-state index in [0.717, 1.165) is 50.5 Å². The monoisotopic (exact) mass is 289 g/mol. The molecule has 3 rings (SSSR count). The molecule has 1 amide bonds. The van der Waals surface area contributed by atoms with E-state index >= 15 is 0 Å². The van der Waals surface area contributed by atoms with Gasteiger partial charge in [0.15, 0.2) is 0 Å². The number of nitrogens with zero attached hydrogens (tertiary/aromatic N) is 1. The lowest BCUT2D eigenvalue weighted by atomic mass is 9.99. The minimum Gasteiger partial charge on any atom is -0.496 e. The van der Waals surface area contributed by atoms with Crippen molar-refractivity contribution in [2.45, 2.75) is 12.5 Å². The molecule has 2 aliphatic rings. The van der Waals surface area contributed by atoms with Crippen molar-refractivity contribution in [2.24, 2.45) is 5.92 Å². The summed E-state index contributed by atoms with van der Waals surface area (Å²) in [7, 11) is 1.68. The summed E-state index contributed by atoms with van der Waals surface area (Å²) < 4.78 is 5.47. The SMILES string of the molecule is COc1ccccc1C1CNCCN1C(=O)[C@@H]1CCNC1. The minimum absolute atomic E-state index is 0.0583. The van der Waals surface area contributed by atoms with E-state index in [1.165, 1.54) is 0 Å². The van der Waals surface area contributed by atoms with Crippen LogP contribution in [-0.2, 0) is 4.79 Å². The van der Waals surface area contributed by atoms with Crippen molar-refractivity contribution in [3.05, 3.63) is 29.8 Å². The Balaban J connectivity index is 1.85. The van der Waals surface area contributed by atoms with Gasteiger partial charge in [0.05, 0.1) is 19.1 Å². The summed E-state index contributed by atoms with van der Waals surface area (Å²) in [4.78, 5) is 14.8. The molecule has 2 aliphatic heterocycles. The number of hydrogen-bond acceptors (Lipinski definition) is 4. The summed E-state index contributed by atoms with van der Waals surface area (Å²) in [5, 5.41) is 6.68. The maximum atomic E-state index is 12.8. The third-order valence-electron chi connectivity index (χ3n) is 4.43. The Kier molecular flexibility index (Phi) is 4.41. The van der Waals surface area contributed by atoms with Gasteiger partial charge in [0.25, 0.3) is 0 Å². The van der Waals surface area contributed by atoms with Crippen LogP contribution >= 0.6 is 0 Å². The largest absolute Gasteiger partial charge is 0.496 e. The second-order valence-electron chi connectivity index (χ2n) is 5.68. The number of para-hydroxylation sites is 1. The Bertz CT molecular complexity index is 500. The van der Waals surface area contributed by atoms with Crippen LogP contribution < -0.4 is 15.4 Å². The number of carbonyl (C=O) groups is 1. The number of rotatable bonds is 3. The summed E-state index contributed by atoms with van der Waals surface area (Å²) in [6.45, 7) is 4.16. The fraction of sp³-hybridized carbons (Fsp3) is 0.562. The lowest BCUT2D eigenvalue weighted by Gasteiger charge is -2.38. The third kappa shape index (κ3) is 2.89. The highest BCUT2D eigenvalue weighted by Crippen LogP contribution is 2.31. The molecule has 0 radical (unpaired) electrons. The Morgan fingerprint density at radius 1 is 1.24 bits per heavy atom. The smallest absolute Gasteiger partial charge is 0.227 e. The van der Waals surface area contributed by atoms with Gasteiger partial charge in [-0.15, -0.1) is 0 Å². The number of piperazine rings is 1. The number of hydrogen-bond donors (Lipinski definition) is 2. The first-order valence-electron chi connectivity index (χ1n) is 7.66. The molecule has 5 heteroatoms. The van der Waals surface area contributed by atoms with Gasteiger partial charge in [0, 0.05) is 31.7 Å². The molecule has 2 fully saturated rings. The Morgan fingerprint density at radius 2 is 2.05 bits per heavy atom. The summed E-state index contributed by atoms with van der Waals surface area (Å²) in [6.07, 6.45) is 0.946. The molecule has 2 heterocycles. The van der Waals surface area contributed by atoms with Gasteiger partial charge in [-0.2, -0.15) is 0 Å². The summed E-state index contributed by atoms with van der Waals surface area (Å²) in [6, 6.07) is 8.05. The molecular formula is C16H23N3O2. The minimum atomic E-state index is 0.0583. The van der Waals surface area contributed by atoms with Crippen LogP contribution in [0.15, 0.2) is 24.3 Å². The average molecular weight is 289 g/mol. The first-order chi connectivity index (χ1) is 10.3. The predicted octanol–water partition coefficient (Wildman–Crippen LogP) is 0.778. The van der Waals surface area contributed by atoms with Crippen molar-refractivity contribution in [2.75, 3.05) is 39.8 Å². The Morgan fingerprint density at radius 3 is 2.81 bits per heavy atom. The van der Waals surface area contributed by atoms with Crippen LogP contribution in [0.25, 0.3) is 0 Å². The van der Waals surface area contributed by atoms with Gasteiger partial charge in [-0.1, -0.05) is 18.2 Å². The van der Waals surface area contributed by atoms with E-state index in [-0.39, 0.29) is 17.9 Å². The van der Waals surface area contributed by atoms with Crippen LogP contribution in [0.5, 0.6) is 5.75 Å². The number of benzene rings is 1. The van der Waals surface area contributed by atoms with Gasteiger partial charge in [-0.3, -0.25) is 4.79 Å². The average Bonchev–Trinajstić information content (AvgIpc) is 3.08. The second kappa shape index (κ2) is 6.45. The zero-order chi connectivity index (χ0) is 14.7. The third-order valence-corrected chi connectivity index (χ3v) is 4.43. The van der Waals surface area contributed by atoms with E-state index < -0.39 is 0 Å². The lowest BCUT2D eigenvalue weighted by Crippen LogP contribution is -2.50. The highest BCUT2D eigenvalue weighted by atomic mass is 16.5. The molecule has 5 nitrogen and oxygen atoms in total. The summed E-state index contributed by atoms with van der Waals surface area (Å²) in [5.74, 6) is 1.26. The van der Waals surface area contributed by atoms with Crippen LogP contribution in [0.1, 0.15) is 18.0 Å². The van der Waals surface area contributed by atoms with Crippen LogP contribution in [0.4, 0.5) is 0 Å². The van der Waals surface area contributed by atoms with E-state index in [9.17, 15) is 4.79 Å². The standard InChI is InChI=1S/C16H23N3O2/c1-21-15-5-3-2-4-13(15)14-11-18-8-9-19(14)16(20)12-6-7-17-10-12/h2-5,12,14,17-18H,6-11H2,1H3/t12-,14?/m1/s1. The van der Waals surface area contributed by atoms with Gasteiger partial charge in [-0.05, 0) is 19.0 Å². The van der Waals surface area contributed by atoms with Crippen LogP contribution in [0.2, 0.25) is 0 Å². The molecule has 1 unspecified atom stereocenters. The van der Waals surface area contributed by atoms with E-state index in [1.54, 1.807) is 7.11 Å². The molecule has 0 aliphatic carbocycles. The van der Waals surface area contributed by atoms with Crippen LogP contribution in [0, 0.1) is 5.92 Å². The molecule has 0 saturated carbocycles. The highest BCUT2D eigenvalue weighted by molar-refractivity contribution is 5.80. The number of ether oxygens (including phenoxy) is 1. The summed E-state index contributed by atoms with van der Waals surface area (Å²) >= 11 is 0. The van der Waals surface area contributed by atoms with Crippen molar-refractivity contribution >= 4 is 5.91 Å². The van der Waals surface area contributed by atoms with Crippen molar-refractivity contribution in [1.29, 1.82) is 0 Å². The molecule has 0 aromatic heterocycles. The molecule has 114 valence electrons. The summed E-state index contributed by atoms with van der Waals surface area (Å²) in [5.41, 5.74) is 1.09. The number of carbonyl (C=O) groups excluding carboxylic acids is 1. The normalized spacial score (nSPS) is 25.9. The van der Waals surface area contributed by atoms with E-state index in [2.05, 4.69) is 16.7 Å². The maximum absolute atomic E-state index is 12.8. The fourth-order valence-electron chi connectivity index (χ4n) is 3.29. The number of methoxy groups -OCH3 is 1. The lowest BCUT2D eigenvalue weighted by molar-refractivity contribution is -0.138.